The molecule has 11 aromatic rings. The van der Waals surface area contributed by atoms with Crippen molar-refractivity contribution in [2.75, 3.05) is 0 Å². The first-order chi connectivity index (χ1) is 62.5. The molecule has 2 nitrogen and oxygen atoms in total. The van der Waals surface area contributed by atoms with E-state index in [0.29, 0.717) is 14.5 Å². The fourth-order valence-corrected chi connectivity index (χ4v) is 8.41. The number of thiophene rings is 1. The van der Waals surface area contributed by atoms with Gasteiger partial charge in [-0.15, -0.1) is 0 Å². The maximum atomic E-state index is 4.58. The Kier molecular flexibility index (Phi) is 446. The first kappa shape index (κ1) is 196. The van der Waals surface area contributed by atoms with E-state index in [1.807, 2.05) is 535 Å². The van der Waals surface area contributed by atoms with Crippen molar-refractivity contribution in [3.63, 3.8) is 0 Å². The fourth-order valence-electron chi connectivity index (χ4n) is 5.68. The van der Waals surface area contributed by atoms with Crippen LogP contribution in [-0.2, 0) is 7.05 Å². The van der Waals surface area contributed by atoms with E-state index in [4.69, 9.17) is 0 Å². The predicted molar refractivity (Wildman–Crippen MR) is 634 cm³/mol. The van der Waals surface area contributed by atoms with Crippen molar-refractivity contribution >= 4 is 55.5 Å². The molecule has 0 saturated heterocycles. The number of nitrogens with zero attached hydrogens (tertiary/aromatic N) is 1. The summed E-state index contributed by atoms with van der Waals surface area (Å²) in [5.41, 5.74) is 7.20. The van der Waals surface area contributed by atoms with Gasteiger partial charge in [0.1, 0.15) is 0 Å². The molecule has 5 heteroatoms. The first-order valence-corrected chi connectivity index (χ1v) is 57.9. The van der Waals surface area contributed by atoms with Gasteiger partial charge in [0, 0.05) is 19.4 Å². The molecule has 0 fully saturated rings. The normalized spacial score (nSPS) is 7.01. The average Bonchev–Trinajstić information content (AvgIpc) is 1.38. The van der Waals surface area contributed by atoms with Crippen LogP contribution in [0.5, 0.6) is 0 Å². The maximum Gasteiger partial charge on any atom is 0.0902 e. The smallest absolute Gasteiger partial charge is 0.0902 e. The molecular formula is C121H241NOSSeSi. The van der Waals surface area contributed by atoms with Crippen LogP contribution < -0.4 is 0 Å². The summed E-state index contributed by atoms with van der Waals surface area (Å²) < 4.78 is 6.58. The van der Waals surface area contributed by atoms with E-state index >= 15 is 0 Å². The number of fused-ring (bicyclic) bond motifs is 2. The third-order valence-electron chi connectivity index (χ3n) is 9.06. The first-order valence-electron chi connectivity index (χ1n) is 51.8. The SMILES string of the molecule is CC.CC.CC.CC.CC.CC.CC.CC.CC.CC.CC.CC.CC.CC.CC.CC.CC.CC.CC.CC.CC.CC.CC.CC.CC.CC.CC.CC.CC.CC.C[Si]1(C)C=CC=C1.Cn1cccc1.c1cc[se]c1.c1ccc(-c2ccccc2)cc1.c1ccc2ccccc2c1.c1ccc2ccccc2c1.c1ccccc1.c1ccoc1.c1ccsc1. The van der Waals surface area contributed by atoms with Gasteiger partial charge in [0.05, 0.1) is 20.6 Å². The summed E-state index contributed by atoms with van der Waals surface area (Å²) in [6.45, 7) is 125. The number of hydrogen-bond donors (Lipinski definition) is 0. The minimum absolute atomic E-state index is 0.708. The van der Waals surface area contributed by atoms with Crippen LogP contribution in [0, 0.1) is 0 Å². The zero-order chi connectivity index (χ0) is 106. The maximum absolute atomic E-state index is 4.58. The Morgan fingerprint density at radius 2 is 0.373 bits per heavy atom. The van der Waals surface area contributed by atoms with Crippen LogP contribution in [0.2, 0.25) is 13.1 Å². The third kappa shape index (κ3) is 213. The molecule has 0 unspecified atom stereocenters. The quantitative estimate of drug-likeness (QED) is 0.150. The predicted octanol–water partition coefficient (Wildman–Crippen LogP) is 48.2. The van der Waals surface area contributed by atoms with E-state index in [1.54, 1.807) is 23.9 Å². The molecule has 0 saturated carbocycles. The zero-order valence-electron chi connectivity index (χ0n) is 98.2. The van der Waals surface area contributed by atoms with Crippen molar-refractivity contribution in [2.24, 2.45) is 7.05 Å². The molecule has 0 aliphatic carbocycles. The van der Waals surface area contributed by atoms with Crippen LogP contribution in [0.3, 0.4) is 0 Å². The Balaban J connectivity index is -0.0000000328. The van der Waals surface area contributed by atoms with Gasteiger partial charge in [0.25, 0.3) is 0 Å². The second-order valence-electron chi connectivity index (χ2n) is 14.8. The van der Waals surface area contributed by atoms with E-state index in [1.165, 1.54) is 32.7 Å². The topological polar surface area (TPSA) is 18.1 Å². The summed E-state index contributed by atoms with van der Waals surface area (Å²) >= 11 is 2.42. The molecule has 0 bridgehead atoms. The number of benzene rings is 7. The van der Waals surface area contributed by atoms with Gasteiger partial charge in [-0.3, -0.25) is 0 Å². The molecule has 0 atom stereocenters. The molecule has 1 aliphatic heterocycles. The van der Waals surface area contributed by atoms with Crippen molar-refractivity contribution < 1.29 is 4.42 Å². The monoisotopic (exact) mass is 1860 g/mol. The van der Waals surface area contributed by atoms with E-state index in [2.05, 4.69) is 209 Å². The van der Waals surface area contributed by atoms with Crippen LogP contribution in [0.4, 0.5) is 0 Å². The Hall–Kier alpha value is -6.98. The van der Waals surface area contributed by atoms with E-state index < -0.39 is 8.07 Å². The molecule has 752 valence electrons. The molecule has 7 aromatic carbocycles. The van der Waals surface area contributed by atoms with Crippen molar-refractivity contribution in [3.8, 4) is 11.1 Å². The number of aryl methyl sites for hydroxylation is 1. The Bertz CT molecular complexity index is 2380. The summed E-state index contributed by atoms with van der Waals surface area (Å²) in [6.07, 6.45) is 11.5. The molecular weight excluding hydrogens is 1620 g/mol. The summed E-state index contributed by atoms with van der Waals surface area (Å²) in [7, 11) is 1.10. The van der Waals surface area contributed by atoms with Gasteiger partial charge in [-0.1, -0.05) is 658 Å². The Morgan fingerprint density at radius 1 is 0.206 bits per heavy atom. The van der Waals surface area contributed by atoms with Gasteiger partial charge in [-0.2, -0.15) is 11.3 Å². The molecule has 12 rings (SSSR count). The van der Waals surface area contributed by atoms with Gasteiger partial charge in [-0.25, -0.2) is 0 Å². The third-order valence-corrected chi connectivity index (χ3v) is 13.1. The molecule has 0 spiro atoms. The molecule has 0 amide bonds. The number of hydrogen-bond acceptors (Lipinski definition) is 2. The molecule has 0 radical (unpaired) electrons. The van der Waals surface area contributed by atoms with Crippen LogP contribution in [0.25, 0.3) is 32.7 Å². The Labute approximate surface area is 817 Å². The number of aromatic nitrogens is 1. The van der Waals surface area contributed by atoms with Gasteiger partial charge < -0.3 is 8.98 Å². The number of furan rings is 1. The molecule has 4 aromatic heterocycles. The minimum atomic E-state index is -0.901. The average molecular weight is 1870 g/mol. The van der Waals surface area contributed by atoms with Crippen molar-refractivity contribution in [1.82, 2.24) is 4.57 Å². The fraction of sp³-hybridized carbons (Fsp3) is 0.521. The van der Waals surface area contributed by atoms with E-state index in [-0.39, 0.29) is 0 Å². The van der Waals surface area contributed by atoms with E-state index in [0.717, 1.165) is 0 Å². The summed E-state index contributed by atoms with van der Waals surface area (Å²) in [5, 5.41) is 9.32. The van der Waals surface area contributed by atoms with Crippen molar-refractivity contribution in [1.29, 1.82) is 0 Å². The van der Waals surface area contributed by atoms with Crippen LogP contribution >= 0.6 is 11.3 Å². The number of rotatable bonds is 1. The summed E-state index contributed by atoms with van der Waals surface area (Å²) in [5.74, 6) is 0. The van der Waals surface area contributed by atoms with Gasteiger partial charge >= 0.3 is 36.5 Å². The number of allylic oxidation sites excluding steroid dienone is 2. The van der Waals surface area contributed by atoms with Gasteiger partial charge in [0.15, 0.2) is 0 Å². The molecule has 0 N–H and O–H groups in total. The zero-order valence-corrected chi connectivity index (χ0v) is 102. The summed E-state index contributed by atoms with van der Waals surface area (Å²) in [6, 6.07) is 82.1. The minimum Gasteiger partial charge on any atom is -0.473 e. The molecule has 5 heterocycles. The second-order valence-corrected chi connectivity index (χ2v) is 21.7. The van der Waals surface area contributed by atoms with Crippen LogP contribution in [0.1, 0.15) is 415 Å². The second kappa shape index (κ2) is 287. The largest absolute Gasteiger partial charge is 0.473 e. The summed E-state index contributed by atoms with van der Waals surface area (Å²) in [4.78, 5) is 4.38. The van der Waals surface area contributed by atoms with Crippen molar-refractivity contribution in [3.05, 3.63) is 312 Å². The van der Waals surface area contributed by atoms with Gasteiger partial charge in [-0.05, 0) is 67.7 Å². The Morgan fingerprint density at radius 3 is 0.476 bits per heavy atom. The van der Waals surface area contributed by atoms with Crippen LogP contribution in [-0.4, -0.2) is 27.1 Å². The molecule has 1 aliphatic rings. The van der Waals surface area contributed by atoms with E-state index in [9.17, 15) is 0 Å². The molecule has 126 heavy (non-hydrogen) atoms. The van der Waals surface area contributed by atoms with Crippen LogP contribution in [0.15, 0.2) is 316 Å². The van der Waals surface area contributed by atoms with Crippen molar-refractivity contribution in [2.45, 2.75) is 429 Å². The van der Waals surface area contributed by atoms with Gasteiger partial charge in [0.2, 0.25) is 0 Å². The standard InChI is InChI=1S/C12H10.2C10H8.C6H10Si.C6H6.C5H7N.C4H4O.C4H4S.C4H4Se.30C2H6/c1-3-7-11(8-4-1)12-9-5-2-6-10-12;2*1-2-6-10-8-4-3-7-9(10)5-1;1-7(2)5-3-4-6-7;1-2-4-6-5-3-1;1-6-4-2-3-5-6;3*1-2-4-5-3-1;30*1-2/h1-10H;2*1-8H;3-6H,1-2H3;1-6H;2-5H,1H3;3*1-4H;30*1-2H3.